The van der Waals surface area contributed by atoms with Crippen molar-refractivity contribution < 1.29 is 14.4 Å². The second-order valence-corrected chi connectivity index (χ2v) is 4.05. The average molecular weight is 259 g/mol. The summed E-state index contributed by atoms with van der Waals surface area (Å²) in [5.41, 5.74) is 1.08. The molecule has 0 saturated carbocycles. The molecule has 0 radical (unpaired) electrons. The van der Waals surface area contributed by atoms with E-state index < -0.39 is 6.03 Å². The van der Waals surface area contributed by atoms with E-state index in [4.69, 9.17) is 0 Å². The van der Waals surface area contributed by atoms with Crippen molar-refractivity contribution in [2.45, 2.75) is 6.42 Å². The van der Waals surface area contributed by atoms with Crippen molar-refractivity contribution in [3.05, 3.63) is 24.2 Å². The number of pyridine rings is 1. The van der Waals surface area contributed by atoms with Crippen LogP contribution in [0, 0.1) is 0 Å². The molecule has 8 heteroatoms. The Hall–Kier alpha value is -2.77. The molecule has 0 aliphatic carbocycles. The number of hydrogen-bond donors (Lipinski definition) is 1. The normalized spacial score (nSPS) is 15.7. The number of aromatic nitrogens is 3. The lowest BCUT2D eigenvalue weighted by Gasteiger charge is -2.26. The van der Waals surface area contributed by atoms with Gasteiger partial charge in [-0.2, -0.15) is 0 Å². The molecule has 3 rings (SSSR count). The Morgan fingerprint density at radius 2 is 2.11 bits per heavy atom. The summed E-state index contributed by atoms with van der Waals surface area (Å²) in [6, 6.07) is 2.86. The number of rotatable bonds is 2. The summed E-state index contributed by atoms with van der Waals surface area (Å²) >= 11 is 0. The van der Waals surface area contributed by atoms with E-state index in [0.29, 0.717) is 24.2 Å². The Bertz CT molecular complexity index is 693. The van der Waals surface area contributed by atoms with Crippen LogP contribution in [0.1, 0.15) is 17.0 Å². The van der Waals surface area contributed by atoms with Crippen molar-refractivity contribution in [3.63, 3.8) is 0 Å². The van der Waals surface area contributed by atoms with Crippen molar-refractivity contribution in [1.29, 1.82) is 0 Å². The summed E-state index contributed by atoms with van der Waals surface area (Å²) < 4.78 is 1.49. The average Bonchev–Trinajstić information content (AvgIpc) is 2.80. The van der Waals surface area contributed by atoms with E-state index in [9.17, 15) is 14.4 Å². The number of aldehydes is 1. The molecule has 0 atom stereocenters. The van der Waals surface area contributed by atoms with Crippen molar-refractivity contribution in [2.75, 3.05) is 11.4 Å². The molecule has 0 unspecified atom stereocenters. The molecule has 96 valence electrons. The van der Waals surface area contributed by atoms with Crippen LogP contribution < -0.4 is 10.2 Å². The van der Waals surface area contributed by atoms with Gasteiger partial charge in [-0.05, 0) is 12.1 Å². The molecule has 8 nitrogen and oxygen atoms in total. The number of nitrogens with one attached hydrogen (secondary N) is 1. The van der Waals surface area contributed by atoms with Crippen LogP contribution in [0.4, 0.5) is 10.5 Å². The van der Waals surface area contributed by atoms with Crippen molar-refractivity contribution in [2.24, 2.45) is 0 Å². The third kappa shape index (κ3) is 1.82. The number of hydrogen-bond acceptors (Lipinski definition) is 5. The first-order chi connectivity index (χ1) is 9.19. The van der Waals surface area contributed by atoms with Gasteiger partial charge in [-0.15, -0.1) is 10.2 Å². The Morgan fingerprint density at radius 1 is 1.26 bits per heavy atom. The Morgan fingerprint density at radius 3 is 2.84 bits per heavy atom. The number of carbonyl (C=O) groups is 3. The predicted molar refractivity (Wildman–Crippen MR) is 63.9 cm³/mol. The summed E-state index contributed by atoms with van der Waals surface area (Å²) in [6.07, 6.45) is 2.42. The van der Waals surface area contributed by atoms with E-state index in [1.54, 1.807) is 18.3 Å². The largest absolute Gasteiger partial charge is 0.328 e. The van der Waals surface area contributed by atoms with Gasteiger partial charge in [0.15, 0.2) is 11.9 Å². The van der Waals surface area contributed by atoms with Crippen LogP contribution >= 0.6 is 0 Å². The van der Waals surface area contributed by atoms with E-state index in [0.717, 1.165) is 0 Å². The second kappa shape index (κ2) is 4.16. The van der Waals surface area contributed by atoms with Crippen LogP contribution in [0.25, 0.3) is 5.65 Å². The smallest absolute Gasteiger partial charge is 0.294 e. The van der Waals surface area contributed by atoms with Gasteiger partial charge in [0.1, 0.15) is 0 Å². The Balaban J connectivity index is 2.03. The Kier molecular flexibility index (Phi) is 2.48. The van der Waals surface area contributed by atoms with E-state index in [1.165, 1.54) is 9.30 Å². The minimum Gasteiger partial charge on any atom is -0.294 e. The first-order valence-electron chi connectivity index (χ1n) is 5.60. The van der Waals surface area contributed by atoms with Gasteiger partial charge in [0.2, 0.25) is 11.7 Å². The van der Waals surface area contributed by atoms with Gasteiger partial charge >= 0.3 is 6.03 Å². The van der Waals surface area contributed by atoms with Crippen molar-refractivity contribution >= 4 is 29.6 Å². The first-order valence-corrected chi connectivity index (χ1v) is 5.60. The first kappa shape index (κ1) is 11.3. The molecule has 1 aliphatic rings. The predicted octanol–water partition coefficient (Wildman–Crippen LogP) is -0.0119. The van der Waals surface area contributed by atoms with Gasteiger partial charge in [0.05, 0.1) is 5.69 Å². The molecule has 0 bridgehead atoms. The lowest BCUT2D eigenvalue weighted by Crippen LogP contribution is -2.49. The molecule has 2 aromatic heterocycles. The molecule has 1 aliphatic heterocycles. The maximum atomic E-state index is 11.7. The quantitative estimate of drug-likeness (QED) is 0.765. The van der Waals surface area contributed by atoms with Gasteiger partial charge in [0.25, 0.3) is 0 Å². The highest BCUT2D eigenvalue weighted by molar-refractivity contribution is 6.05. The van der Waals surface area contributed by atoms with E-state index in [1.807, 2.05) is 0 Å². The monoisotopic (exact) mass is 259 g/mol. The topological polar surface area (TPSA) is 96.7 Å². The van der Waals surface area contributed by atoms with E-state index >= 15 is 0 Å². The molecule has 1 saturated heterocycles. The van der Waals surface area contributed by atoms with Crippen LogP contribution in [0.15, 0.2) is 18.3 Å². The summed E-state index contributed by atoms with van der Waals surface area (Å²) in [5.74, 6) is -0.134. The third-order valence-corrected chi connectivity index (χ3v) is 2.88. The highest BCUT2D eigenvalue weighted by Gasteiger charge is 2.24. The molecule has 3 heterocycles. The highest BCUT2D eigenvalue weighted by atomic mass is 16.2. The fourth-order valence-electron chi connectivity index (χ4n) is 1.95. The summed E-state index contributed by atoms with van der Waals surface area (Å²) in [5, 5.41) is 9.75. The lowest BCUT2D eigenvalue weighted by molar-refractivity contribution is -0.120. The molecule has 2 aromatic rings. The summed E-state index contributed by atoms with van der Waals surface area (Å²) in [6.45, 7) is 0.300. The van der Waals surface area contributed by atoms with Crippen LogP contribution in [0.2, 0.25) is 0 Å². The molecule has 3 amide bonds. The van der Waals surface area contributed by atoms with Gasteiger partial charge < -0.3 is 0 Å². The number of fused-ring (bicyclic) bond motifs is 1. The van der Waals surface area contributed by atoms with Gasteiger partial charge in [0, 0.05) is 19.2 Å². The van der Waals surface area contributed by atoms with Crippen LogP contribution in [-0.4, -0.2) is 39.4 Å². The summed E-state index contributed by atoms with van der Waals surface area (Å²) in [4.78, 5) is 35.1. The number of imide groups is 1. The zero-order chi connectivity index (χ0) is 13.4. The lowest BCUT2D eigenvalue weighted by atomic mass is 10.2. The molecule has 0 spiro atoms. The number of nitrogens with zero attached hydrogens (tertiary/aromatic N) is 4. The molecular weight excluding hydrogens is 250 g/mol. The Labute approximate surface area is 107 Å². The molecular formula is C11H9N5O3. The van der Waals surface area contributed by atoms with Crippen LogP contribution in [0.5, 0.6) is 0 Å². The number of carbonyl (C=O) groups excluding carboxylic acids is 3. The standard InChI is InChI=1S/C11H9N5O3/c17-6-9-14-13-8-2-1-7(5-16(8)9)15-4-3-10(18)12-11(15)19/h1-2,5-6H,3-4H2,(H,12,18,19). The minimum atomic E-state index is -0.476. The van der Waals surface area contributed by atoms with Gasteiger partial charge in [-0.3, -0.25) is 24.2 Å². The number of amides is 3. The highest BCUT2D eigenvalue weighted by Crippen LogP contribution is 2.18. The SMILES string of the molecule is O=Cc1nnc2ccc(N3CCC(=O)NC3=O)cn12. The molecule has 0 aromatic carbocycles. The zero-order valence-electron chi connectivity index (χ0n) is 9.74. The molecule has 1 N–H and O–H groups in total. The third-order valence-electron chi connectivity index (χ3n) is 2.88. The molecule has 19 heavy (non-hydrogen) atoms. The fraction of sp³-hybridized carbons (Fsp3) is 0.182. The van der Waals surface area contributed by atoms with Crippen LogP contribution in [-0.2, 0) is 4.79 Å². The number of anilines is 1. The van der Waals surface area contributed by atoms with Gasteiger partial charge in [-0.25, -0.2) is 4.79 Å². The van der Waals surface area contributed by atoms with Crippen LogP contribution in [0.3, 0.4) is 0 Å². The van der Waals surface area contributed by atoms with E-state index in [-0.39, 0.29) is 18.2 Å². The number of urea groups is 1. The zero-order valence-corrected chi connectivity index (χ0v) is 9.74. The fourth-order valence-corrected chi connectivity index (χ4v) is 1.95. The maximum absolute atomic E-state index is 11.7. The minimum absolute atomic E-state index is 0.158. The van der Waals surface area contributed by atoms with E-state index in [2.05, 4.69) is 15.5 Å². The van der Waals surface area contributed by atoms with Gasteiger partial charge in [-0.1, -0.05) is 0 Å². The maximum Gasteiger partial charge on any atom is 0.328 e. The van der Waals surface area contributed by atoms with Crippen molar-refractivity contribution in [3.8, 4) is 0 Å². The second-order valence-electron chi connectivity index (χ2n) is 4.05. The van der Waals surface area contributed by atoms with Crippen molar-refractivity contribution in [1.82, 2.24) is 19.9 Å². The summed E-state index contributed by atoms with van der Waals surface area (Å²) in [7, 11) is 0. The molecule has 1 fully saturated rings.